The zero-order chi connectivity index (χ0) is 14.0. The van der Waals surface area contributed by atoms with Crippen LogP contribution in [0, 0.1) is 17.0 Å². The SMILES string of the molecule is Cc1ccccc1N(C)c1ncc(Br)cc1[N+](=O)[O-]. The fourth-order valence-electron chi connectivity index (χ4n) is 1.87. The summed E-state index contributed by atoms with van der Waals surface area (Å²) in [4.78, 5) is 16.6. The third-order valence-corrected chi connectivity index (χ3v) is 3.24. The molecule has 0 fully saturated rings. The summed E-state index contributed by atoms with van der Waals surface area (Å²) in [5, 5.41) is 11.1. The molecular formula is C13H12BrN3O2. The topological polar surface area (TPSA) is 59.3 Å². The molecule has 0 saturated heterocycles. The minimum atomic E-state index is -0.429. The number of nitro groups is 1. The molecule has 0 N–H and O–H groups in total. The van der Waals surface area contributed by atoms with E-state index in [1.165, 1.54) is 6.07 Å². The Bertz CT molecular complexity index is 631. The van der Waals surface area contributed by atoms with Gasteiger partial charge in [-0.25, -0.2) is 4.98 Å². The summed E-state index contributed by atoms with van der Waals surface area (Å²) >= 11 is 3.20. The number of aromatic nitrogens is 1. The molecule has 19 heavy (non-hydrogen) atoms. The van der Waals surface area contributed by atoms with Gasteiger partial charge in [0.2, 0.25) is 5.82 Å². The molecule has 1 aromatic carbocycles. The van der Waals surface area contributed by atoms with Gasteiger partial charge in [-0.15, -0.1) is 0 Å². The number of aryl methyl sites for hydroxylation is 1. The first kappa shape index (κ1) is 13.5. The van der Waals surface area contributed by atoms with Crippen LogP contribution >= 0.6 is 15.9 Å². The zero-order valence-electron chi connectivity index (χ0n) is 10.5. The van der Waals surface area contributed by atoms with E-state index >= 15 is 0 Å². The van der Waals surface area contributed by atoms with E-state index in [2.05, 4.69) is 20.9 Å². The number of hydrogen-bond acceptors (Lipinski definition) is 4. The second kappa shape index (κ2) is 5.36. The standard InChI is InChI=1S/C13H12BrN3O2/c1-9-5-3-4-6-11(9)16(2)13-12(17(18)19)7-10(14)8-15-13/h3-8H,1-2H3. The molecule has 0 aliphatic heterocycles. The molecule has 0 aliphatic carbocycles. The monoisotopic (exact) mass is 321 g/mol. The van der Waals surface area contributed by atoms with Crippen molar-refractivity contribution in [2.24, 2.45) is 0 Å². The Balaban J connectivity index is 2.53. The van der Waals surface area contributed by atoms with Gasteiger partial charge in [0.1, 0.15) is 0 Å². The van der Waals surface area contributed by atoms with Gasteiger partial charge in [-0.3, -0.25) is 10.1 Å². The van der Waals surface area contributed by atoms with Gasteiger partial charge in [-0.1, -0.05) is 18.2 Å². The Morgan fingerprint density at radius 2 is 2.05 bits per heavy atom. The highest BCUT2D eigenvalue weighted by Gasteiger charge is 2.21. The maximum atomic E-state index is 11.1. The molecule has 2 rings (SSSR count). The molecule has 0 spiro atoms. The number of benzene rings is 1. The van der Waals surface area contributed by atoms with E-state index in [0.717, 1.165) is 11.3 Å². The van der Waals surface area contributed by atoms with Gasteiger partial charge in [-0.2, -0.15) is 0 Å². The van der Waals surface area contributed by atoms with Crippen molar-refractivity contribution in [2.75, 3.05) is 11.9 Å². The Kier molecular flexibility index (Phi) is 3.80. The minimum Gasteiger partial charge on any atom is -0.323 e. The van der Waals surface area contributed by atoms with Crippen LogP contribution in [0.3, 0.4) is 0 Å². The van der Waals surface area contributed by atoms with Crippen LogP contribution in [-0.4, -0.2) is 17.0 Å². The van der Waals surface area contributed by atoms with Crippen molar-refractivity contribution in [1.82, 2.24) is 4.98 Å². The van der Waals surface area contributed by atoms with E-state index in [4.69, 9.17) is 0 Å². The lowest BCUT2D eigenvalue weighted by atomic mass is 10.2. The average Bonchev–Trinajstić information content (AvgIpc) is 2.38. The van der Waals surface area contributed by atoms with Gasteiger partial charge in [0.15, 0.2) is 0 Å². The van der Waals surface area contributed by atoms with Gasteiger partial charge in [0, 0.05) is 29.5 Å². The summed E-state index contributed by atoms with van der Waals surface area (Å²) in [5.74, 6) is 0.322. The summed E-state index contributed by atoms with van der Waals surface area (Å²) in [6, 6.07) is 9.13. The molecule has 98 valence electrons. The van der Waals surface area contributed by atoms with E-state index in [9.17, 15) is 10.1 Å². The summed E-state index contributed by atoms with van der Waals surface area (Å²) in [6.07, 6.45) is 1.55. The molecule has 0 saturated carbocycles. The Hall–Kier alpha value is -1.95. The molecule has 1 heterocycles. The van der Waals surface area contributed by atoms with Crippen molar-refractivity contribution >= 4 is 33.1 Å². The molecule has 0 aliphatic rings. The minimum absolute atomic E-state index is 0.0277. The van der Waals surface area contributed by atoms with Crippen molar-refractivity contribution in [3.63, 3.8) is 0 Å². The molecular weight excluding hydrogens is 310 g/mol. The van der Waals surface area contributed by atoms with Crippen LogP contribution in [0.15, 0.2) is 41.0 Å². The molecule has 0 bridgehead atoms. The third-order valence-electron chi connectivity index (χ3n) is 2.81. The molecule has 2 aromatic rings. The number of nitrogens with zero attached hydrogens (tertiary/aromatic N) is 3. The fourth-order valence-corrected chi connectivity index (χ4v) is 2.19. The van der Waals surface area contributed by atoms with Crippen LogP contribution in [0.5, 0.6) is 0 Å². The molecule has 5 nitrogen and oxygen atoms in total. The van der Waals surface area contributed by atoms with Crippen LogP contribution in [0.2, 0.25) is 0 Å². The number of halogens is 1. The largest absolute Gasteiger partial charge is 0.323 e. The van der Waals surface area contributed by atoms with Gasteiger partial charge >= 0.3 is 5.69 Å². The van der Waals surface area contributed by atoms with Crippen LogP contribution in [0.25, 0.3) is 0 Å². The Morgan fingerprint density at radius 1 is 1.37 bits per heavy atom. The first-order valence-corrected chi connectivity index (χ1v) is 6.39. The maximum absolute atomic E-state index is 11.1. The van der Waals surface area contributed by atoms with Gasteiger partial charge in [-0.05, 0) is 34.5 Å². The molecule has 0 amide bonds. The van der Waals surface area contributed by atoms with E-state index in [1.807, 2.05) is 31.2 Å². The van der Waals surface area contributed by atoms with Crippen molar-refractivity contribution in [2.45, 2.75) is 6.92 Å². The number of pyridine rings is 1. The molecule has 6 heteroatoms. The molecule has 0 atom stereocenters. The molecule has 0 unspecified atom stereocenters. The maximum Gasteiger partial charge on any atom is 0.313 e. The summed E-state index contributed by atoms with van der Waals surface area (Å²) in [6.45, 7) is 1.95. The quantitative estimate of drug-likeness (QED) is 0.636. The highest BCUT2D eigenvalue weighted by atomic mass is 79.9. The summed E-state index contributed by atoms with van der Waals surface area (Å²) in [7, 11) is 1.77. The predicted molar refractivity (Wildman–Crippen MR) is 77.8 cm³/mol. The van der Waals surface area contributed by atoms with Crippen molar-refractivity contribution in [1.29, 1.82) is 0 Å². The summed E-state index contributed by atoms with van der Waals surface area (Å²) < 4.78 is 0.584. The normalized spacial score (nSPS) is 10.3. The van der Waals surface area contributed by atoms with E-state index in [-0.39, 0.29) is 5.69 Å². The lowest BCUT2D eigenvalue weighted by Crippen LogP contribution is -2.14. The van der Waals surface area contributed by atoms with Crippen LogP contribution in [0.1, 0.15) is 5.56 Å². The first-order valence-electron chi connectivity index (χ1n) is 5.60. The van der Waals surface area contributed by atoms with Crippen molar-refractivity contribution in [3.05, 3.63) is 56.7 Å². The van der Waals surface area contributed by atoms with Crippen LogP contribution in [-0.2, 0) is 0 Å². The van der Waals surface area contributed by atoms with Gasteiger partial charge in [0.05, 0.1) is 4.92 Å². The first-order chi connectivity index (χ1) is 9.00. The highest BCUT2D eigenvalue weighted by Crippen LogP contribution is 2.33. The Morgan fingerprint density at radius 3 is 2.68 bits per heavy atom. The second-order valence-electron chi connectivity index (χ2n) is 4.10. The van der Waals surface area contributed by atoms with Crippen LogP contribution in [0.4, 0.5) is 17.2 Å². The van der Waals surface area contributed by atoms with Crippen molar-refractivity contribution < 1.29 is 4.92 Å². The summed E-state index contributed by atoms with van der Waals surface area (Å²) in [5.41, 5.74) is 1.89. The lowest BCUT2D eigenvalue weighted by molar-refractivity contribution is -0.384. The van der Waals surface area contributed by atoms with Gasteiger partial charge < -0.3 is 4.90 Å². The zero-order valence-corrected chi connectivity index (χ0v) is 12.1. The lowest BCUT2D eigenvalue weighted by Gasteiger charge is -2.20. The fraction of sp³-hybridized carbons (Fsp3) is 0.154. The second-order valence-corrected chi connectivity index (χ2v) is 5.01. The van der Waals surface area contributed by atoms with Gasteiger partial charge in [0.25, 0.3) is 0 Å². The van der Waals surface area contributed by atoms with E-state index in [0.29, 0.717) is 10.3 Å². The third kappa shape index (κ3) is 2.73. The molecule has 1 aromatic heterocycles. The number of anilines is 2. The smallest absolute Gasteiger partial charge is 0.313 e. The highest BCUT2D eigenvalue weighted by molar-refractivity contribution is 9.10. The number of hydrogen-bond donors (Lipinski definition) is 0. The van der Waals surface area contributed by atoms with E-state index < -0.39 is 4.92 Å². The van der Waals surface area contributed by atoms with Crippen LogP contribution < -0.4 is 4.90 Å². The molecule has 0 radical (unpaired) electrons. The number of para-hydroxylation sites is 1. The predicted octanol–water partition coefficient (Wildman–Crippen LogP) is 3.83. The van der Waals surface area contributed by atoms with Crippen molar-refractivity contribution in [3.8, 4) is 0 Å². The Labute approximate surface area is 119 Å². The average molecular weight is 322 g/mol. The van der Waals surface area contributed by atoms with E-state index in [1.54, 1.807) is 18.1 Å². The number of rotatable bonds is 3.